The van der Waals surface area contributed by atoms with Crippen LogP contribution in [0.2, 0.25) is 0 Å². The number of aliphatic carboxylic acids is 1. The third-order valence-corrected chi connectivity index (χ3v) is 3.73. The quantitative estimate of drug-likeness (QED) is 0.326. The van der Waals surface area contributed by atoms with E-state index >= 15 is 0 Å². The summed E-state index contributed by atoms with van der Waals surface area (Å²) in [6.45, 7) is 2.26. The molecule has 1 radical (unpaired) electrons. The Kier molecular flexibility index (Phi) is 21.1. The monoisotopic (exact) mass is 325 g/mol. The normalized spacial score (nSPS) is 10.2. The molecule has 0 saturated carbocycles. The molecular weight excluding hydrogens is 292 g/mol. The van der Waals surface area contributed by atoms with Gasteiger partial charge in [0.15, 0.2) is 0 Å². The number of rotatable bonds is 15. The van der Waals surface area contributed by atoms with Crippen LogP contribution in [0.1, 0.15) is 103 Å². The van der Waals surface area contributed by atoms with Crippen molar-refractivity contribution >= 4 is 5.97 Å². The van der Waals surface area contributed by atoms with Crippen LogP contribution >= 0.6 is 0 Å². The molecule has 0 fully saturated rings. The van der Waals surface area contributed by atoms with Crippen molar-refractivity contribution in [3.05, 3.63) is 0 Å². The van der Waals surface area contributed by atoms with Crippen LogP contribution in [-0.4, -0.2) is 5.97 Å². The largest absolute Gasteiger partial charge is 3.00 e. The van der Waals surface area contributed by atoms with Crippen LogP contribution < -0.4 is 5.11 Å². The van der Waals surface area contributed by atoms with Crippen molar-refractivity contribution in [3.8, 4) is 0 Å². The standard InChI is InChI=1S/C17H34O2.Fe/c1-2-3-4-5-6-7-8-9-10-11-12-13-14-15-16-17(18)19;/h2-16H2,1H3,(H,18,19);/q;+3/p-1. The molecule has 0 aliphatic carbocycles. The van der Waals surface area contributed by atoms with Gasteiger partial charge in [-0.3, -0.25) is 0 Å². The molecule has 3 heteroatoms. The van der Waals surface area contributed by atoms with E-state index in [0.29, 0.717) is 0 Å². The summed E-state index contributed by atoms with van der Waals surface area (Å²) in [5.74, 6) is -0.904. The van der Waals surface area contributed by atoms with Gasteiger partial charge in [0.1, 0.15) is 0 Å². The first-order chi connectivity index (χ1) is 9.27. The smallest absolute Gasteiger partial charge is 0.550 e. The average molecular weight is 325 g/mol. The van der Waals surface area contributed by atoms with Gasteiger partial charge in [0.05, 0.1) is 0 Å². The zero-order valence-corrected chi connectivity index (χ0v) is 14.4. The third-order valence-electron chi connectivity index (χ3n) is 3.73. The van der Waals surface area contributed by atoms with E-state index in [4.69, 9.17) is 0 Å². The van der Waals surface area contributed by atoms with Gasteiger partial charge in [-0.25, -0.2) is 0 Å². The molecule has 0 aliphatic rings. The van der Waals surface area contributed by atoms with E-state index in [1.54, 1.807) is 0 Å². The van der Waals surface area contributed by atoms with Crippen LogP contribution in [0.25, 0.3) is 0 Å². The maximum atomic E-state index is 10.2. The minimum atomic E-state index is -0.904. The second-order valence-corrected chi connectivity index (χ2v) is 5.72. The summed E-state index contributed by atoms with van der Waals surface area (Å²) in [7, 11) is 0. The molecule has 20 heavy (non-hydrogen) atoms. The summed E-state index contributed by atoms with van der Waals surface area (Å²) in [5, 5.41) is 10.2. The maximum absolute atomic E-state index is 10.2. The van der Waals surface area contributed by atoms with E-state index in [2.05, 4.69) is 6.92 Å². The SMILES string of the molecule is CCCCCCCCCCCCCCCCC(=O)[O-].[Fe+3]. The topological polar surface area (TPSA) is 40.1 Å². The Hall–Kier alpha value is -0.0105. The van der Waals surface area contributed by atoms with Gasteiger partial charge in [0.25, 0.3) is 0 Å². The number of carboxylic acid groups (broad SMARTS) is 1. The second kappa shape index (κ2) is 19.0. The first-order valence-corrected chi connectivity index (χ1v) is 8.47. The molecule has 119 valence electrons. The maximum Gasteiger partial charge on any atom is 3.00 e. The number of hydrogen-bond donors (Lipinski definition) is 0. The summed E-state index contributed by atoms with van der Waals surface area (Å²) in [6.07, 6.45) is 18.4. The number of carboxylic acids is 1. The Morgan fingerprint density at radius 1 is 0.650 bits per heavy atom. The van der Waals surface area contributed by atoms with Crippen LogP contribution in [0.15, 0.2) is 0 Å². The number of unbranched alkanes of at least 4 members (excludes halogenated alkanes) is 13. The summed E-state index contributed by atoms with van der Waals surface area (Å²) in [6, 6.07) is 0. The zero-order chi connectivity index (χ0) is 14.2. The Balaban J connectivity index is 0. The molecule has 0 amide bonds. The van der Waals surface area contributed by atoms with Gasteiger partial charge in [-0.05, 0) is 12.8 Å². The molecule has 0 N–H and O–H groups in total. The molecular formula is C17H33FeO2+2. The molecule has 0 spiro atoms. The van der Waals surface area contributed by atoms with Crippen LogP contribution in [0.5, 0.6) is 0 Å². The summed E-state index contributed by atoms with van der Waals surface area (Å²) in [5.41, 5.74) is 0. The first-order valence-electron chi connectivity index (χ1n) is 8.47. The zero-order valence-electron chi connectivity index (χ0n) is 13.3. The molecule has 0 saturated heterocycles. The predicted octanol–water partition coefficient (Wildman–Crippen LogP) is 4.61. The van der Waals surface area contributed by atoms with Crippen LogP contribution in [0.3, 0.4) is 0 Å². The minimum Gasteiger partial charge on any atom is -0.550 e. The average Bonchev–Trinajstić information content (AvgIpc) is 2.39. The van der Waals surface area contributed by atoms with Gasteiger partial charge in [0, 0.05) is 5.97 Å². The first kappa shape index (κ1) is 22.3. The Morgan fingerprint density at radius 2 is 0.950 bits per heavy atom. The van der Waals surface area contributed by atoms with Crippen molar-refractivity contribution in [3.63, 3.8) is 0 Å². The molecule has 0 unspecified atom stereocenters. The van der Waals surface area contributed by atoms with E-state index < -0.39 is 5.97 Å². The van der Waals surface area contributed by atoms with Gasteiger partial charge in [-0.1, -0.05) is 90.4 Å². The van der Waals surface area contributed by atoms with Crippen molar-refractivity contribution in [2.24, 2.45) is 0 Å². The van der Waals surface area contributed by atoms with E-state index in [9.17, 15) is 9.90 Å². The molecule has 0 aromatic rings. The fourth-order valence-electron chi connectivity index (χ4n) is 2.46. The van der Waals surface area contributed by atoms with Gasteiger partial charge in [-0.2, -0.15) is 0 Å². The van der Waals surface area contributed by atoms with Gasteiger partial charge in [-0.15, -0.1) is 0 Å². The van der Waals surface area contributed by atoms with E-state index in [0.717, 1.165) is 12.8 Å². The Bertz CT molecular complexity index is 195. The van der Waals surface area contributed by atoms with Crippen LogP contribution in [-0.2, 0) is 21.9 Å². The third kappa shape index (κ3) is 20.3. The van der Waals surface area contributed by atoms with Crippen LogP contribution in [0, 0.1) is 0 Å². The number of carbonyl (C=O) groups excluding carboxylic acids is 1. The number of carbonyl (C=O) groups is 1. The molecule has 0 aromatic heterocycles. The molecule has 0 heterocycles. The minimum absolute atomic E-state index is 0. The predicted molar refractivity (Wildman–Crippen MR) is 79.9 cm³/mol. The molecule has 2 nitrogen and oxygen atoms in total. The van der Waals surface area contributed by atoms with Crippen molar-refractivity contribution < 1.29 is 27.0 Å². The number of hydrogen-bond acceptors (Lipinski definition) is 2. The van der Waals surface area contributed by atoms with Crippen molar-refractivity contribution in [1.29, 1.82) is 0 Å². The van der Waals surface area contributed by atoms with E-state index in [-0.39, 0.29) is 23.5 Å². The summed E-state index contributed by atoms with van der Waals surface area (Å²) in [4.78, 5) is 10.2. The fraction of sp³-hybridized carbons (Fsp3) is 0.941. The van der Waals surface area contributed by atoms with Crippen molar-refractivity contribution in [2.45, 2.75) is 103 Å². The summed E-state index contributed by atoms with van der Waals surface area (Å²) < 4.78 is 0. The van der Waals surface area contributed by atoms with Crippen molar-refractivity contribution in [1.82, 2.24) is 0 Å². The fourth-order valence-corrected chi connectivity index (χ4v) is 2.46. The van der Waals surface area contributed by atoms with Gasteiger partial charge < -0.3 is 9.90 Å². The van der Waals surface area contributed by atoms with Gasteiger partial charge >= 0.3 is 17.1 Å². The second-order valence-electron chi connectivity index (χ2n) is 5.72. The van der Waals surface area contributed by atoms with Crippen molar-refractivity contribution in [2.75, 3.05) is 0 Å². The van der Waals surface area contributed by atoms with Crippen LogP contribution in [0.4, 0.5) is 0 Å². The Labute approximate surface area is 136 Å². The molecule has 0 bridgehead atoms. The molecule has 0 aliphatic heterocycles. The molecule has 0 aromatic carbocycles. The van der Waals surface area contributed by atoms with Gasteiger partial charge in [0.2, 0.25) is 0 Å². The summed E-state index contributed by atoms with van der Waals surface area (Å²) >= 11 is 0. The molecule has 0 rings (SSSR count). The molecule has 0 atom stereocenters. The van der Waals surface area contributed by atoms with E-state index in [1.165, 1.54) is 77.0 Å². The Morgan fingerprint density at radius 3 is 1.25 bits per heavy atom. The van der Waals surface area contributed by atoms with E-state index in [1.807, 2.05) is 0 Å².